The van der Waals surface area contributed by atoms with Crippen LogP contribution >= 0.6 is 23.2 Å². The van der Waals surface area contributed by atoms with Crippen LogP contribution in [0.4, 0.5) is 11.6 Å². The van der Waals surface area contributed by atoms with Gasteiger partial charge in [0.2, 0.25) is 0 Å². The molecule has 0 spiro atoms. The number of aromatic nitrogens is 2. The number of nitrogens with one attached hydrogen (secondary N) is 1. The maximum absolute atomic E-state index is 5.95. The molecule has 0 saturated heterocycles. The molecular formula is C11H10Cl2N4. The molecule has 0 aliphatic carbocycles. The Kier molecular flexibility index (Phi) is 3.66. The first-order valence-corrected chi connectivity index (χ1v) is 5.66. The van der Waals surface area contributed by atoms with Crippen LogP contribution < -0.4 is 11.1 Å². The van der Waals surface area contributed by atoms with Gasteiger partial charge in [0.1, 0.15) is 17.2 Å². The molecule has 4 nitrogen and oxygen atoms in total. The number of nitrogen functional groups attached to an aromatic ring is 1. The van der Waals surface area contributed by atoms with Gasteiger partial charge in [-0.2, -0.15) is 0 Å². The number of halogens is 2. The van der Waals surface area contributed by atoms with Crippen molar-refractivity contribution >= 4 is 34.8 Å². The van der Waals surface area contributed by atoms with Crippen molar-refractivity contribution in [1.29, 1.82) is 0 Å². The van der Waals surface area contributed by atoms with Gasteiger partial charge >= 0.3 is 0 Å². The predicted molar refractivity (Wildman–Crippen MR) is 70.2 cm³/mol. The van der Waals surface area contributed by atoms with E-state index < -0.39 is 0 Å². The monoisotopic (exact) mass is 268 g/mol. The molecule has 2 aromatic rings. The molecule has 0 amide bonds. The third kappa shape index (κ3) is 2.99. The lowest BCUT2D eigenvalue weighted by Gasteiger charge is -2.08. The second-order valence-electron chi connectivity index (χ2n) is 3.40. The summed E-state index contributed by atoms with van der Waals surface area (Å²) in [5.41, 5.74) is 6.64. The first-order chi connectivity index (χ1) is 8.16. The van der Waals surface area contributed by atoms with Crippen LogP contribution in [0.15, 0.2) is 30.6 Å². The average Bonchev–Trinajstić information content (AvgIpc) is 2.33. The minimum absolute atomic E-state index is 0.264. The van der Waals surface area contributed by atoms with Crippen molar-refractivity contribution in [2.45, 2.75) is 6.54 Å². The lowest BCUT2D eigenvalue weighted by atomic mass is 10.2. The van der Waals surface area contributed by atoms with Crippen molar-refractivity contribution < 1.29 is 0 Å². The van der Waals surface area contributed by atoms with E-state index in [1.54, 1.807) is 0 Å². The zero-order chi connectivity index (χ0) is 12.3. The molecule has 0 bridgehead atoms. The number of benzene rings is 1. The molecule has 1 aromatic carbocycles. The van der Waals surface area contributed by atoms with E-state index >= 15 is 0 Å². The molecule has 88 valence electrons. The summed E-state index contributed by atoms with van der Waals surface area (Å²) in [5.74, 6) is 0.786. The molecule has 2 rings (SSSR count). The van der Waals surface area contributed by atoms with E-state index in [4.69, 9.17) is 28.9 Å². The van der Waals surface area contributed by atoms with E-state index in [0.717, 1.165) is 5.56 Å². The standard InChI is InChI=1S/C11H10Cl2N4/c12-8-3-1-7(2-4-8)5-15-11-9(13)10(14)16-6-17-11/h1-4,6H,5H2,(H3,14,15,16,17). The Labute approximate surface area is 109 Å². The Morgan fingerprint density at radius 1 is 1.12 bits per heavy atom. The number of hydrogen-bond donors (Lipinski definition) is 2. The number of nitrogens with zero attached hydrogens (tertiary/aromatic N) is 2. The van der Waals surface area contributed by atoms with Crippen molar-refractivity contribution in [3.8, 4) is 0 Å². The molecule has 17 heavy (non-hydrogen) atoms. The van der Waals surface area contributed by atoms with Crippen molar-refractivity contribution in [1.82, 2.24) is 9.97 Å². The Bertz CT molecular complexity index is 513. The van der Waals surface area contributed by atoms with Crippen LogP contribution in [-0.2, 0) is 6.54 Å². The van der Waals surface area contributed by atoms with Crippen LogP contribution in [0.2, 0.25) is 10.0 Å². The van der Waals surface area contributed by atoms with Crippen molar-refractivity contribution in [3.63, 3.8) is 0 Å². The van der Waals surface area contributed by atoms with Gasteiger partial charge in [-0.25, -0.2) is 9.97 Å². The van der Waals surface area contributed by atoms with Gasteiger partial charge in [0.15, 0.2) is 5.82 Å². The fourth-order valence-electron chi connectivity index (χ4n) is 1.29. The van der Waals surface area contributed by atoms with Crippen LogP contribution in [0.1, 0.15) is 5.56 Å². The molecule has 3 N–H and O–H groups in total. The summed E-state index contributed by atoms with van der Waals surface area (Å²) in [6, 6.07) is 7.50. The van der Waals surface area contributed by atoms with Crippen molar-refractivity contribution in [2.24, 2.45) is 0 Å². The first kappa shape index (κ1) is 12.0. The van der Waals surface area contributed by atoms with Crippen molar-refractivity contribution in [2.75, 3.05) is 11.1 Å². The highest BCUT2D eigenvalue weighted by Gasteiger charge is 2.05. The largest absolute Gasteiger partial charge is 0.382 e. The highest BCUT2D eigenvalue weighted by molar-refractivity contribution is 6.35. The maximum Gasteiger partial charge on any atom is 0.150 e. The molecule has 0 fully saturated rings. The lowest BCUT2D eigenvalue weighted by molar-refractivity contribution is 1.08. The highest BCUT2D eigenvalue weighted by atomic mass is 35.5. The Morgan fingerprint density at radius 3 is 2.53 bits per heavy atom. The molecule has 0 saturated carbocycles. The second kappa shape index (κ2) is 5.21. The summed E-state index contributed by atoms with van der Waals surface area (Å²) in [6.07, 6.45) is 1.37. The van der Waals surface area contributed by atoms with Gasteiger partial charge < -0.3 is 11.1 Å². The quantitative estimate of drug-likeness (QED) is 0.899. The van der Waals surface area contributed by atoms with Gasteiger partial charge in [0.05, 0.1) is 0 Å². The fourth-order valence-corrected chi connectivity index (χ4v) is 1.59. The highest BCUT2D eigenvalue weighted by Crippen LogP contribution is 2.23. The fraction of sp³-hybridized carbons (Fsp3) is 0.0909. The second-order valence-corrected chi connectivity index (χ2v) is 4.22. The summed E-state index contributed by atoms with van der Waals surface area (Å²) >= 11 is 11.7. The van der Waals surface area contributed by atoms with Crippen LogP contribution in [0, 0.1) is 0 Å². The van der Waals surface area contributed by atoms with Crippen LogP contribution in [0.5, 0.6) is 0 Å². The summed E-state index contributed by atoms with van der Waals surface area (Å²) in [4.78, 5) is 7.79. The number of hydrogen-bond acceptors (Lipinski definition) is 4. The molecule has 1 aromatic heterocycles. The summed E-state index contributed by atoms with van der Waals surface area (Å²) in [5, 5.41) is 4.12. The minimum Gasteiger partial charge on any atom is -0.382 e. The Hall–Kier alpha value is -1.52. The average molecular weight is 269 g/mol. The molecule has 0 atom stereocenters. The van der Waals surface area contributed by atoms with Gasteiger partial charge in [-0.05, 0) is 17.7 Å². The smallest absolute Gasteiger partial charge is 0.150 e. The van der Waals surface area contributed by atoms with Gasteiger partial charge in [-0.15, -0.1) is 0 Å². The van der Waals surface area contributed by atoms with E-state index in [-0.39, 0.29) is 5.82 Å². The molecule has 1 heterocycles. The van der Waals surface area contributed by atoms with Crippen LogP contribution in [0.25, 0.3) is 0 Å². The molecule has 6 heteroatoms. The summed E-state index contributed by atoms with van der Waals surface area (Å²) < 4.78 is 0. The number of rotatable bonds is 3. The summed E-state index contributed by atoms with van der Waals surface area (Å²) in [6.45, 7) is 0.591. The van der Waals surface area contributed by atoms with E-state index in [9.17, 15) is 0 Å². The van der Waals surface area contributed by atoms with Crippen molar-refractivity contribution in [3.05, 3.63) is 46.2 Å². The SMILES string of the molecule is Nc1ncnc(NCc2ccc(Cl)cc2)c1Cl. The van der Waals surface area contributed by atoms with Gasteiger partial charge in [0, 0.05) is 11.6 Å². The predicted octanol–water partition coefficient (Wildman–Crippen LogP) is 2.98. The Morgan fingerprint density at radius 2 is 1.82 bits per heavy atom. The van der Waals surface area contributed by atoms with Gasteiger partial charge in [-0.3, -0.25) is 0 Å². The van der Waals surface area contributed by atoms with Crippen LogP contribution in [0.3, 0.4) is 0 Å². The molecule has 0 aliphatic heterocycles. The number of anilines is 2. The van der Waals surface area contributed by atoms with E-state index in [0.29, 0.717) is 22.4 Å². The molecule has 0 aliphatic rings. The third-order valence-electron chi connectivity index (χ3n) is 2.19. The van der Waals surface area contributed by atoms with Gasteiger partial charge in [-0.1, -0.05) is 35.3 Å². The third-order valence-corrected chi connectivity index (χ3v) is 2.81. The zero-order valence-electron chi connectivity index (χ0n) is 8.82. The minimum atomic E-state index is 0.264. The summed E-state index contributed by atoms with van der Waals surface area (Å²) in [7, 11) is 0. The topological polar surface area (TPSA) is 63.8 Å². The lowest BCUT2D eigenvalue weighted by Crippen LogP contribution is -2.04. The Balaban J connectivity index is 2.07. The van der Waals surface area contributed by atoms with E-state index in [1.165, 1.54) is 6.33 Å². The van der Waals surface area contributed by atoms with E-state index in [2.05, 4.69) is 15.3 Å². The number of nitrogens with two attached hydrogens (primary N) is 1. The van der Waals surface area contributed by atoms with Crippen LogP contribution in [-0.4, -0.2) is 9.97 Å². The maximum atomic E-state index is 5.95. The molecular weight excluding hydrogens is 259 g/mol. The molecule has 0 radical (unpaired) electrons. The van der Waals surface area contributed by atoms with Gasteiger partial charge in [0.25, 0.3) is 0 Å². The zero-order valence-corrected chi connectivity index (χ0v) is 10.3. The first-order valence-electron chi connectivity index (χ1n) is 4.91. The normalized spacial score (nSPS) is 10.2. The van der Waals surface area contributed by atoms with E-state index in [1.807, 2.05) is 24.3 Å². The molecule has 0 unspecified atom stereocenters.